The molecule has 0 saturated carbocycles. The van der Waals surface area contributed by atoms with Crippen LogP contribution in [0.3, 0.4) is 0 Å². The van der Waals surface area contributed by atoms with Crippen LogP contribution in [0.2, 0.25) is 0 Å². The van der Waals surface area contributed by atoms with Gasteiger partial charge in [0, 0.05) is 36.1 Å². The molecule has 0 amide bonds. The number of hydrogen-bond donors (Lipinski definition) is 0. The summed E-state index contributed by atoms with van der Waals surface area (Å²) >= 11 is 0. The molecule has 0 aromatic rings. The molecule has 2 aliphatic carbocycles. The summed E-state index contributed by atoms with van der Waals surface area (Å²) in [6.45, 7) is 0. The molecule has 0 heterocycles. The van der Waals surface area contributed by atoms with E-state index in [0.29, 0.717) is 12.2 Å². The van der Waals surface area contributed by atoms with Crippen LogP contribution in [0, 0.1) is 23.7 Å². The summed E-state index contributed by atoms with van der Waals surface area (Å²) in [5.41, 5.74) is 0.401. The molecule has 0 fully saturated rings. The number of ketones is 4. The van der Waals surface area contributed by atoms with E-state index in [4.69, 9.17) is 0 Å². The zero-order valence-electron chi connectivity index (χ0n) is 13.5. The molecule has 6 heteroatoms. The zero-order chi connectivity index (χ0) is 19.1. The van der Waals surface area contributed by atoms with Crippen LogP contribution in [-0.2, 0) is 19.2 Å². The Labute approximate surface area is 148 Å². The van der Waals surface area contributed by atoms with Crippen LogP contribution in [0.15, 0.2) is 47.1 Å². The Balaban J connectivity index is 1.77. The molecule has 0 aliphatic heterocycles. The largest absolute Gasteiger partial charge is 0.290 e. The van der Waals surface area contributed by atoms with Crippen molar-refractivity contribution in [1.29, 1.82) is 0 Å². The first-order valence-corrected chi connectivity index (χ1v) is 7.67. The molecule has 26 heavy (non-hydrogen) atoms. The normalized spacial score (nSPS) is 16.5. The van der Waals surface area contributed by atoms with E-state index in [0.717, 1.165) is 12.2 Å². The maximum atomic E-state index is 12.9. The van der Waals surface area contributed by atoms with E-state index in [1.807, 2.05) is 0 Å². The van der Waals surface area contributed by atoms with Gasteiger partial charge in [0.15, 0.2) is 23.2 Å². The molecular weight excluding hydrogens is 342 g/mol. The molecule has 4 nitrogen and oxygen atoms in total. The van der Waals surface area contributed by atoms with Crippen molar-refractivity contribution in [2.45, 2.75) is 25.7 Å². The van der Waals surface area contributed by atoms with E-state index < -0.39 is 34.8 Å². The molecule has 2 aliphatic rings. The van der Waals surface area contributed by atoms with E-state index in [1.54, 1.807) is 0 Å². The standard InChI is InChI=1S/C20H12F2O4/c21-15-11-17(23)13(9-19(15)25)7-5-3-1-2-4-6-8-14-10-20(26)16(22)12-18(14)24/h9-12H,5-8H2. The summed E-state index contributed by atoms with van der Waals surface area (Å²) in [5.74, 6) is 5.65. The first kappa shape index (κ1) is 19.0. The fourth-order valence-electron chi connectivity index (χ4n) is 2.15. The van der Waals surface area contributed by atoms with Crippen LogP contribution >= 0.6 is 0 Å². The molecule has 0 radical (unpaired) electrons. The Morgan fingerprint density at radius 3 is 1.38 bits per heavy atom. The monoisotopic (exact) mass is 354 g/mol. The lowest BCUT2D eigenvalue weighted by atomic mass is 9.98. The number of allylic oxidation sites excluding steroid dienone is 8. The summed E-state index contributed by atoms with van der Waals surface area (Å²) in [6, 6.07) is 0. The van der Waals surface area contributed by atoms with Crippen LogP contribution in [0.25, 0.3) is 0 Å². The molecule has 0 N–H and O–H groups in total. The van der Waals surface area contributed by atoms with Gasteiger partial charge in [0.1, 0.15) is 0 Å². The van der Waals surface area contributed by atoms with Gasteiger partial charge < -0.3 is 0 Å². The smallest absolute Gasteiger partial charge is 0.214 e. The highest BCUT2D eigenvalue weighted by molar-refractivity contribution is 6.19. The lowest BCUT2D eigenvalue weighted by molar-refractivity contribution is -0.116. The average Bonchev–Trinajstić information content (AvgIpc) is 2.58. The molecule has 2 rings (SSSR count). The predicted molar refractivity (Wildman–Crippen MR) is 88.6 cm³/mol. The maximum absolute atomic E-state index is 12.9. The topological polar surface area (TPSA) is 68.3 Å². The van der Waals surface area contributed by atoms with Crippen LogP contribution in [0.1, 0.15) is 25.7 Å². The highest BCUT2D eigenvalue weighted by atomic mass is 19.1. The highest BCUT2D eigenvalue weighted by Gasteiger charge is 2.20. The zero-order valence-corrected chi connectivity index (χ0v) is 13.5. The molecule has 0 unspecified atom stereocenters. The van der Waals surface area contributed by atoms with Crippen LogP contribution in [-0.4, -0.2) is 23.1 Å². The van der Waals surface area contributed by atoms with E-state index in [9.17, 15) is 28.0 Å². The Morgan fingerprint density at radius 1 is 0.615 bits per heavy atom. The highest BCUT2D eigenvalue weighted by Crippen LogP contribution is 2.17. The average molecular weight is 354 g/mol. The van der Waals surface area contributed by atoms with Gasteiger partial charge in [0.25, 0.3) is 0 Å². The van der Waals surface area contributed by atoms with Crippen LogP contribution in [0.4, 0.5) is 8.78 Å². The summed E-state index contributed by atoms with van der Waals surface area (Å²) in [6.07, 6.45) is 4.25. The minimum absolute atomic E-state index is 0.200. The van der Waals surface area contributed by atoms with Gasteiger partial charge in [0.2, 0.25) is 11.6 Å². The third-order valence-electron chi connectivity index (χ3n) is 3.51. The summed E-state index contributed by atoms with van der Waals surface area (Å²) in [4.78, 5) is 45.2. The Kier molecular flexibility index (Phi) is 6.30. The number of carbonyl (C=O) groups excluding carboxylic acids is 4. The maximum Gasteiger partial charge on any atom is 0.214 e. The quantitative estimate of drug-likeness (QED) is 0.574. The van der Waals surface area contributed by atoms with Gasteiger partial charge >= 0.3 is 0 Å². The van der Waals surface area contributed by atoms with Crippen molar-refractivity contribution < 1.29 is 28.0 Å². The van der Waals surface area contributed by atoms with Gasteiger partial charge in [-0.15, -0.1) is 0 Å². The van der Waals surface area contributed by atoms with Gasteiger partial charge in [-0.25, -0.2) is 8.78 Å². The van der Waals surface area contributed by atoms with Crippen molar-refractivity contribution in [2.75, 3.05) is 0 Å². The Hall–Kier alpha value is -3.38. The van der Waals surface area contributed by atoms with E-state index in [1.165, 1.54) is 0 Å². The fourth-order valence-corrected chi connectivity index (χ4v) is 2.15. The van der Waals surface area contributed by atoms with Crippen molar-refractivity contribution in [3.8, 4) is 23.7 Å². The molecule has 0 saturated heterocycles. The van der Waals surface area contributed by atoms with Crippen LogP contribution < -0.4 is 0 Å². The van der Waals surface area contributed by atoms with Crippen molar-refractivity contribution in [1.82, 2.24) is 0 Å². The minimum Gasteiger partial charge on any atom is -0.290 e. The molecule has 0 spiro atoms. The SMILES string of the molecule is O=C1C=C(CCC#CC#CCCC2=CC(=O)C(F)=CC2=O)C(=O)C=C1F. The first-order chi connectivity index (χ1) is 12.4. The lowest BCUT2D eigenvalue weighted by Crippen LogP contribution is -2.10. The first-order valence-electron chi connectivity index (χ1n) is 7.67. The van der Waals surface area contributed by atoms with Crippen molar-refractivity contribution in [3.63, 3.8) is 0 Å². The molecule has 0 aromatic carbocycles. The van der Waals surface area contributed by atoms with Gasteiger partial charge in [-0.05, 0) is 36.8 Å². The number of rotatable bonds is 4. The second-order valence-corrected chi connectivity index (χ2v) is 5.38. The minimum atomic E-state index is -1.07. The predicted octanol–water partition coefficient (Wildman–Crippen LogP) is 2.42. The number of hydrogen-bond acceptors (Lipinski definition) is 4. The second kappa shape index (κ2) is 8.64. The molecule has 0 aromatic heterocycles. The third-order valence-corrected chi connectivity index (χ3v) is 3.51. The van der Waals surface area contributed by atoms with E-state index >= 15 is 0 Å². The number of halogens is 2. The fraction of sp³-hybridized carbons (Fsp3) is 0.200. The summed E-state index contributed by atoms with van der Waals surface area (Å²) in [5, 5.41) is 0. The van der Waals surface area contributed by atoms with Crippen molar-refractivity contribution >= 4 is 23.1 Å². The molecule has 130 valence electrons. The Bertz CT molecular complexity index is 860. The molecule has 0 bridgehead atoms. The van der Waals surface area contributed by atoms with Gasteiger partial charge in [-0.3, -0.25) is 19.2 Å². The lowest BCUT2D eigenvalue weighted by Gasteiger charge is -2.05. The number of carbonyl (C=O) groups is 4. The third kappa shape index (κ3) is 5.06. The Morgan fingerprint density at radius 2 is 1.00 bits per heavy atom. The molecular formula is C20H12F2O4. The molecule has 0 atom stereocenters. The van der Waals surface area contributed by atoms with Gasteiger partial charge in [0.05, 0.1) is 0 Å². The summed E-state index contributed by atoms with van der Waals surface area (Å²) in [7, 11) is 0. The van der Waals surface area contributed by atoms with Crippen LogP contribution in [0.5, 0.6) is 0 Å². The van der Waals surface area contributed by atoms with Gasteiger partial charge in [-0.1, -0.05) is 11.8 Å². The summed E-state index contributed by atoms with van der Waals surface area (Å²) < 4.78 is 25.8. The van der Waals surface area contributed by atoms with Gasteiger partial charge in [-0.2, -0.15) is 0 Å². The van der Waals surface area contributed by atoms with E-state index in [-0.39, 0.29) is 36.8 Å². The van der Waals surface area contributed by atoms with E-state index in [2.05, 4.69) is 23.7 Å². The second-order valence-electron chi connectivity index (χ2n) is 5.38. The van der Waals surface area contributed by atoms with Crippen molar-refractivity contribution in [3.05, 3.63) is 47.1 Å². The van der Waals surface area contributed by atoms with Crippen molar-refractivity contribution in [2.24, 2.45) is 0 Å².